The molecule has 1 aromatic heterocycles. The van der Waals surface area contributed by atoms with Crippen molar-refractivity contribution in [1.82, 2.24) is 9.78 Å². The van der Waals surface area contributed by atoms with Crippen LogP contribution in [0.3, 0.4) is 0 Å². The molecule has 0 aliphatic heterocycles. The van der Waals surface area contributed by atoms with Gasteiger partial charge in [-0.2, -0.15) is 5.10 Å². The Labute approximate surface area is 95.3 Å². The summed E-state index contributed by atoms with van der Waals surface area (Å²) in [6.07, 6.45) is 2.44. The number of aromatic nitrogens is 2. The molecule has 0 radical (unpaired) electrons. The smallest absolute Gasteiger partial charge is 0.166 e. The van der Waals surface area contributed by atoms with Crippen molar-refractivity contribution in [2.45, 2.75) is 45.6 Å². The summed E-state index contributed by atoms with van der Waals surface area (Å²) < 4.78 is 1.81. The van der Waals surface area contributed by atoms with Crippen molar-refractivity contribution in [3.63, 3.8) is 0 Å². The Balaban J connectivity index is 2.51. The molecule has 0 bridgehead atoms. The zero-order chi connectivity index (χ0) is 11.7. The zero-order valence-electron chi connectivity index (χ0n) is 9.86. The first-order chi connectivity index (χ1) is 7.65. The van der Waals surface area contributed by atoms with E-state index in [2.05, 4.69) is 5.10 Å². The molecule has 1 heterocycles. The largest absolute Gasteiger partial charge is 0.394 e. The first-order valence-corrected chi connectivity index (χ1v) is 5.88. The first-order valence-electron chi connectivity index (χ1n) is 5.88. The molecule has 0 saturated carbocycles. The van der Waals surface area contributed by atoms with Crippen molar-refractivity contribution in [3.8, 4) is 0 Å². The second-order valence-electron chi connectivity index (χ2n) is 4.59. The Hall–Kier alpha value is -1.16. The quantitative estimate of drug-likeness (QED) is 0.843. The molecule has 88 valence electrons. The number of carbonyl (C=O) groups is 1. The summed E-state index contributed by atoms with van der Waals surface area (Å²) in [6, 6.07) is 0. The summed E-state index contributed by atoms with van der Waals surface area (Å²) in [4.78, 5) is 11.9. The van der Waals surface area contributed by atoms with E-state index in [1.54, 1.807) is 0 Å². The van der Waals surface area contributed by atoms with Crippen molar-refractivity contribution in [2.75, 3.05) is 6.61 Å². The second kappa shape index (κ2) is 4.37. The Kier molecular flexibility index (Phi) is 3.10. The molecule has 0 unspecified atom stereocenters. The number of fused-ring (bicyclic) bond motifs is 1. The van der Waals surface area contributed by atoms with Crippen LogP contribution >= 0.6 is 0 Å². The highest BCUT2D eigenvalue weighted by atomic mass is 16.3. The van der Waals surface area contributed by atoms with Gasteiger partial charge in [-0.15, -0.1) is 0 Å². The minimum absolute atomic E-state index is 0.0693. The van der Waals surface area contributed by atoms with Crippen LogP contribution in [0.1, 0.15) is 54.4 Å². The van der Waals surface area contributed by atoms with Crippen LogP contribution in [0.2, 0.25) is 0 Å². The molecular formula is C12H18N2O2. The van der Waals surface area contributed by atoms with E-state index in [0.717, 1.165) is 29.8 Å². The van der Waals surface area contributed by atoms with Crippen LogP contribution in [-0.4, -0.2) is 27.3 Å². The average molecular weight is 222 g/mol. The fraction of sp³-hybridized carbons (Fsp3) is 0.667. The summed E-state index contributed by atoms with van der Waals surface area (Å²) in [5, 5.41) is 13.5. The van der Waals surface area contributed by atoms with E-state index in [4.69, 9.17) is 5.11 Å². The van der Waals surface area contributed by atoms with E-state index in [-0.39, 0.29) is 18.3 Å². The number of carbonyl (C=O) groups excluding carboxylic acids is 1. The molecule has 0 saturated heterocycles. The number of nitrogens with zero attached hydrogens (tertiary/aromatic N) is 2. The van der Waals surface area contributed by atoms with Crippen LogP contribution in [0, 0.1) is 0 Å². The monoisotopic (exact) mass is 222 g/mol. The van der Waals surface area contributed by atoms with Crippen LogP contribution < -0.4 is 0 Å². The van der Waals surface area contributed by atoms with Crippen molar-refractivity contribution >= 4 is 5.78 Å². The maximum absolute atomic E-state index is 11.9. The van der Waals surface area contributed by atoms with Crippen LogP contribution in [0.15, 0.2) is 0 Å². The van der Waals surface area contributed by atoms with E-state index in [9.17, 15) is 4.79 Å². The van der Waals surface area contributed by atoms with Gasteiger partial charge in [-0.1, -0.05) is 13.8 Å². The summed E-state index contributed by atoms with van der Waals surface area (Å²) in [6.45, 7) is 4.66. The topological polar surface area (TPSA) is 55.1 Å². The van der Waals surface area contributed by atoms with Crippen LogP contribution in [0.4, 0.5) is 0 Å². The number of aliphatic hydroxyl groups is 1. The summed E-state index contributed by atoms with van der Waals surface area (Å²) >= 11 is 0. The fourth-order valence-electron chi connectivity index (χ4n) is 2.30. The van der Waals surface area contributed by atoms with E-state index in [0.29, 0.717) is 13.0 Å². The lowest BCUT2D eigenvalue weighted by Crippen LogP contribution is -2.15. The lowest BCUT2D eigenvalue weighted by molar-refractivity contribution is 0.0970. The van der Waals surface area contributed by atoms with E-state index < -0.39 is 0 Å². The Morgan fingerprint density at radius 3 is 2.81 bits per heavy atom. The number of aliphatic hydroxyl groups excluding tert-OH is 1. The molecule has 0 aromatic carbocycles. The third-order valence-corrected chi connectivity index (χ3v) is 3.04. The minimum atomic E-state index is 0.0693. The maximum Gasteiger partial charge on any atom is 0.166 e. The van der Waals surface area contributed by atoms with Crippen molar-refractivity contribution in [3.05, 3.63) is 17.0 Å². The van der Waals surface area contributed by atoms with Crippen molar-refractivity contribution < 1.29 is 9.90 Å². The first kappa shape index (κ1) is 11.3. The third kappa shape index (κ3) is 1.78. The zero-order valence-corrected chi connectivity index (χ0v) is 9.86. The predicted molar refractivity (Wildman–Crippen MR) is 60.7 cm³/mol. The van der Waals surface area contributed by atoms with Gasteiger partial charge in [-0.3, -0.25) is 9.48 Å². The van der Waals surface area contributed by atoms with Crippen molar-refractivity contribution in [2.24, 2.45) is 0 Å². The SMILES string of the molecule is CC(C)c1nn(CCO)c2c1C(=O)CCC2. The number of rotatable bonds is 3. The van der Waals surface area contributed by atoms with E-state index in [1.165, 1.54) is 0 Å². The molecule has 1 N–H and O–H groups in total. The lowest BCUT2D eigenvalue weighted by Gasteiger charge is -2.13. The van der Waals surface area contributed by atoms with Gasteiger partial charge in [-0.25, -0.2) is 0 Å². The summed E-state index contributed by atoms with van der Waals surface area (Å²) in [5.74, 6) is 0.477. The van der Waals surface area contributed by atoms with Crippen molar-refractivity contribution in [1.29, 1.82) is 0 Å². The van der Waals surface area contributed by atoms with E-state index >= 15 is 0 Å². The molecule has 16 heavy (non-hydrogen) atoms. The predicted octanol–water partition coefficient (Wildman–Crippen LogP) is 1.52. The Morgan fingerprint density at radius 1 is 1.44 bits per heavy atom. The van der Waals surface area contributed by atoms with Crippen LogP contribution in [-0.2, 0) is 13.0 Å². The maximum atomic E-state index is 11.9. The molecule has 2 rings (SSSR count). The fourth-order valence-corrected chi connectivity index (χ4v) is 2.30. The Morgan fingerprint density at radius 2 is 2.19 bits per heavy atom. The number of hydrogen-bond donors (Lipinski definition) is 1. The van der Waals surface area contributed by atoms with Crippen LogP contribution in [0.5, 0.6) is 0 Å². The normalized spacial score (nSPS) is 15.6. The van der Waals surface area contributed by atoms with Gasteiger partial charge in [0.25, 0.3) is 0 Å². The standard InChI is InChI=1S/C12H18N2O2/c1-8(2)12-11-9(4-3-5-10(11)16)14(13-12)6-7-15/h8,15H,3-7H2,1-2H3. The molecule has 1 aliphatic carbocycles. The Bertz CT molecular complexity index is 407. The molecule has 1 aliphatic rings. The van der Waals surface area contributed by atoms with Gasteiger partial charge in [-0.05, 0) is 18.8 Å². The third-order valence-electron chi connectivity index (χ3n) is 3.04. The molecule has 1 aromatic rings. The molecule has 0 amide bonds. The van der Waals surface area contributed by atoms with Gasteiger partial charge in [0.05, 0.1) is 24.4 Å². The molecule has 4 nitrogen and oxygen atoms in total. The van der Waals surface area contributed by atoms with Crippen LogP contribution in [0.25, 0.3) is 0 Å². The molecular weight excluding hydrogens is 204 g/mol. The number of ketones is 1. The van der Waals surface area contributed by atoms with Gasteiger partial charge in [0.2, 0.25) is 0 Å². The highest BCUT2D eigenvalue weighted by Gasteiger charge is 2.27. The molecule has 4 heteroatoms. The lowest BCUT2D eigenvalue weighted by atomic mass is 9.91. The highest BCUT2D eigenvalue weighted by Crippen LogP contribution is 2.28. The molecule has 0 fully saturated rings. The molecule has 0 atom stereocenters. The van der Waals surface area contributed by atoms with Gasteiger partial charge < -0.3 is 5.11 Å². The van der Waals surface area contributed by atoms with Gasteiger partial charge in [0.1, 0.15) is 0 Å². The van der Waals surface area contributed by atoms with Gasteiger partial charge in [0.15, 0.2) is 5.78 Å². The van der Waals surface area contributed by atoms with Gasteiger partial charge >= 0.3 is 0 Å². The second-order valence-corrected chi connectivity index (χ2v) is 4.59. The van der Waals surface area contributed by atoms with Gasteiger partial charge in [0, 0.05) is 12.1 Å². The molecule has 0 spiro atoms. The summed E-state index contributed by atoms with van der Waals surface area (Å²) in [5.41, 5.74) is 2.75. The highest BCUT2D eigenvalue weighted by molar-refractivity contribution is 5.99. The average Bonchev–Trinajstić information content (AvgIpc) is 2.60. The number of Topliss-reactive ketones (excluding diaryl/α,β-unsaturated/α-hetero) is 1. The van der Waals surface area contributed by atoms with E-state index in [1.807, 2.05) is 18.5 Å². The summed E-state index contributed by atoms with van der Waals surface area (Å²) in [7, 11) is 0. The number of hydrogen-bond acceptors (Lipinski definition) is 3. The minimum Gasteiger partial charge on any atom is -0.394 e.